The van der Waals surface area contributed by atoms with Crippen molar-refractivity contribution in [3.8, 4) is 0 Å². The van der Waals surface area contributed by atoms with Gasteiger partial charge in [0.1, 0.15) is 0 Å². The van der Waals surface area contributed by atoms with E-state index >= 15 is 0 Å². The third kappa shape index (κ3) is 2.33. The van der Waals surface area contributed by atoms with Crippen molar-refractivity contribution in [2.45, 2.75) is 58.2 Å². The number of aryl methyl sites for hydroxylation is 1. The summed E-state index contributed by atoms with van der Waals surface area (Å²) in [5, 5.41) is 5.03. The van der Waals surface area contributed by atoms with Crippen LogP contribution in [0.5, 0.6) is 0 Å². The molecule has 22 heavy (non-hydrogen) atoms. The van der Waals surface area contributed by atoms with E-state index in [0.717, 1.165) is 18.5 Å². The van der Waals surface area contributed by atoms with Crippen LogP contribution in [0, 0.1) is 18.3 Å². The molecule has 1 spiro atoms. The fraction of sp³-hybridized carbons (Fsp3) is 0.750. The minimum absolute atomic E-state index is 0.0113. The molecule has 5 nitrogen and oxygen atoms in total. The maximum Gasteiger partial charge on any atom is 0.307 e. The van der Waals surface area contributed by atoms with Crippen LogP contribution < -0.4 is 10.2 Å². The summed E-state index contributed by atoms with van der Waals surface area (Å²) in [5.41, 5.74) is 1.09. The van der Waals surface area contributed by atoms with Crippen molar-refractivity contribution in [1.82, 2.24) is 9.88 Å². The van der Waals surface area contributed by atoms with E-state index in [4.69, 9.17) is 4.74 Å². The van der Waals surface area contributed by atoms with E-state index in [1.54, 1.807) is 11.7 Å². The number of ether oxygens (including phenoxy) is 1. The number of hydrogen-bond donors (Lipinski definition) is 1. The van der Waals surface area contributed by atoms with E-state index in [0.29, 0.717) is 18.9 Å². The monoisotopic (exact) mass is 324 g/mol. The number of methoxy groups -OCH3 is 1. The zero-order valence-electron chi connectivity index (χ0n) is 13.4. The van der Waals surface area contributed by atoms with E-state index in [1.165, 1.54) is 17.8 Å². The van der Waals surface area contributed by atoms with Gasteiger partial charge in [-0.05, 0) is 19.8 Å². The molecule has 1 amide bonds. The molecule has 2 fully saturated rings. The van der Waals surface area contributed by atoms with Crippen molar-refractivity contribution in [2.75, 3.05) is 7.11 Å². The Hall–Kier alpha value is -1.14. The zero-order valence-corrected chi connectivity index (χ0v) is 14.2. The van der Waals surface area contributed by atoms with Crippen LogP contribution in [0.2, 0.25) is 0 Å². The summed E-state index contributed by atoms with van der Waals surface area (Å²) < 4.78 is 7.30. The molecule has 0 unspecified atom stereocenters. The van der Waals surface area contributed by atoms with Crippen molar-refractivity contribution in [2.24, 2.45) is 11.3 Å². The zero-order chi connectivity index (χ0) is 15.9. The molecule has 0 aliphatic heterocycles. The Morgan fingerprint density at radius 1 is 1.55 bits per heavy atom. The molecular weight excluding hydrogens is 300 g/mol. The van der Waals surface area contributed by atoms with Crippen molar-refractivity contribution >= 4 is 17.2 Å². The van der Waals surface area contributed by atoms with Gasteiger partial charge < -0.3 is 14.6 Å². The van der Waals surface area contributed by atoms with Crippen molar-refractivity contribution in [1.29, 1.82) is 0 Å². The molecule has 3 atom stereocenters. The molecule has 3 rings (SSSR count). The van der Waals surface area contributed by atoms with E-state index in [2.05, 4.69) is 12.2 Å². The Morgan fingerprint density at radius 3 is 2.77 bits per heavy atom. The minimum Gasteiger partial charge on any atom is -0.380 e. The third-order valence-corrected chi connectivity index (χ3v) is 6.46. The molecule has 2 aliphatic carbocycles. The number of hydrogen-bond acceptors (Lipinski definition) is 4. The summed E-state index contributed by atoms with van der Waals surface area (Å²) in [5.74, 6) is 0.398. The first kappa shape index (κ1) is 15.7. The van der Waals surface area contributed by atoms with Gasteiger partial charge in [-0.25, -0.2) is 0 Å². The van der Waals surface area contributed by atoms with E-state index in [1.807, 2.05) is 12.3 Å². The second kappa shape index (κ2) is 5.81. The minimum atomic E-state index is 0.0113. The van der Waals surface area contributed by atoms with Gasteiger partial charge in [0, 0.05) is 48.5 Å². The van der Waals surface area contributed by atoms with E-state index in [-0.39, 0.29) is 28.3 Å². The molecule has 2 saturated carbocycles. The second-order valence-electron chi connectivity index (χ2n) is 6.69. The molecular formula is C16H24N2O3S. The van der Waals surface area contributed by atoms with Gasteiger partial charge in [0.15, 0.2) is 0 Å². The van der Waals surface area contributed by atoms with Crippen LogP contribution in [-0.4, -0.2) is 29.7 Å². The fourth-order valence-electron chi connectivity index (χ4n) is 4.32. The van der Waals surface area contributed by atoms with Gasteiger partial charge in [-0.2, -0.15) is 0 Å². The number of nitrogens with zero attached hydrogens (tertiary/aromatic N) is 1. The first-order valence-corrected chi connectivity index (χ1v) is 8.84. The Balaban J connectivity index is 1.57. The molecule has 0 bridgehead atoms. The summed E-state index contributed by atoms with van der Waals surface area (Å²) in [7, 11) is 1.77. The maximum absolute atomic E-state index is 12.3. The molecule has 0 radical (unpaired) electrons. The SMILES string of the molecule is CO[C@@H]1[C@H](C)[C@H](NC(=O)CCn2c(C)csc2=O)C12CCC2. The summed E-state index contributed by atoms with van der Waals surface area (Å²) in [6.45, 7) is 4.51. The Labute approximate surface area is 134 Å². The highest BCUT2D eigenvalue weighted by molar-refractivity contribution is 7.07. The molecule has 6 heteroatoms. The lowest BCUT2D eigenvalue weighted by atomic mass is 9.46. The van der Waals surface area contributed by atoms with Crippen LogP contribution in [0.1, 0.15) is 38.3 Å². The van der Waals surface area contributed by atoms with Gasteiger partial charge in [-0.1, -0.05) is 24.7 Å². The molecule has 1 aromatic heterocycles. The van der Waals surface area contributed by atoms with Gasteiger partial charge in [-0.15, -0.1) is 0 Å². The van der Waals surface area contributed by atoms with Crippen LogP contribution in [0.25, 0.3) is 0 Å². The number of carbonyl (C=O) groups excluding carboxylic acids is 1. The Morgan fingerprint density at radius 2 is 2.27 bits per heavy atom. The van der Waals surface area contributed by atoms with Crippen molar-refractivity contribution in [3.05, 3.63) is 20.7 Å². The lowest BCUT2D eigenvalue weighted by Crippen LogP contribution is -2.72. The van der Waals surface area contributed by atoms with Crippen molar-refractivity contribution < 1.29 is 9.53 Å². The first-order chi connectivity index (χ1) is 10.5. The quantitative estimate of drug-likeness (QED) is 0.900. The number of carbonyl (C=O) groups is 1. The predicted octanol–water partition coefficient (Wildman–Crippen LogP) is 1.93. The van der Waals surface area contributed by atoms with Crippen molar-refractivity contribution in [3.63, 3.8) is 0 Å². The standard InChI is InChI=1S/C16H24N2O3S/c1-10-9-22-15(20)18(10)8-5-12(19)17-13-11(2)14(21-3)16(13)6-4-7-16/h9,11,13-14H,4-8H2,1-3H3,(H,17,19)/t11-,13+,14-/m1/s1. The Kier molecular flexibility index (Phi) is 4.16. The molecule has 122 valence electrons. The second-order valence-corrected chi connectivity index (χ2v) is 7.51. The topological polar surface area (TPSA) is 60.3 Å². The van der Waals surface area contributed by atoms with Crippen LogP contribution in [0.4, 0.5) is 0 Å². The highest BCUT2D eigenvalue weighted by atomic mass is 32.1. The number of nitrogens with one attached hydrogen (secondary N) is 1. The molecule has 0 aromatic carbocycles. The highest BCUT2D eigenvalue weighted by Gasteiger charge is 2.63. The number of aromatic nitrogens is 1. The molecule has 0 saturated heterocycles. The van der Waals surface area contributed by atoms with Gasteiger partial charge >= 0.3 is 4.87 Å². The molecule has 1 heterocycles. The van der Waals surface area contributed by atoms with Gasteiger partial charge in [0.2, 0.25) is 5.91 Å². The fourth-order valence-corrected chi connectivity index (χ4v) is 5.08. The van der Waals surface area contributed by atoms with Gasteiger partial charge in [0.05, 0.1) is 6.10 Å². The van der Waals surface area contributed by atoms with Crippen LogP contribution in [0.3, 0.4) is 0 Å². The van der Waals surface area contributed by atoms with Gasteiger partial charge in [-0.3, -0.25) is 9.59 Å². The number of amides is 1. The summed E-state index contributed by atoms with van der Waals surface area (Å²) in [6.07, 6.45) is 4.14. The maximum atomic E-state index is 12.3. The summed E-state index contributed by atoms with van der Waals surface area (Å²) >= 11 is 1.19. The first-order valence-electron chi connectivity index (χ1n) is 7.96. The van der Waals surface area contributed by atoms with Crippen LogP contribution in [-0.2, 0) is 16.1 Å². The Bertz CT molecular complexity index is 617. The highest BCUT2D eigenvalue weighted by Crippen LogP contribution is 2.59. The number of rotatable bonds is 5. The smallest absolute Gasteiger partial charge is 0.307 e. The van der Waals surface area contributed by atoms with E-state index < -0.39 is 0 Å². The normalized spacial score (nSPS) is 29.0. The predicted molar refractivity (Wildman–Crippen MR) is 86.1 cm³/mol. The number of thiazole rings is 1. The molecule has 1 N–H and O–H groups in total. The molecule has 2 aliphatic rings. The summed E-state index contributed by atoms with van der Waals surface area (Å²) in [4.78, 5) is 23.9. The largest absolute Gasteiger partial charge is 0.380 e. The van der Waals surface area contributed by atoms with Crippen LogP contribution >= 0.6 is 11.3 Å². The lowest BCUT2D eigenvalue weighted by Gasteiger charge is -2.64. The third-order valence-electron chi connectivity index (χ3n) is 5.58. The van der Waals surface area contributed by atoms with E-state index in [9.17, 15) is 9.59 Å². The average Bonchev–Trinajstić information content (AvgIpc) is 2.76. The lowest BCUT2D eigenvalue weighted by molar-refractivity contribution is -0.202. The summed E-state index contributed by atoms with van der Waals surface area (Å²) in [6, 6.07) is 0.221. The van der Waals surface area contributed by atoms with Gasteiger partial charge in [0.25, 0.3) is 0 Å². The van der Waals surface area contributed by atoms with Crippen LogP contribution in [0.15, 0.2) is 10.2 Å². The molecule has 1 aromatic rings. The average molecular weight is 324 g/mol.